The van der Waals surface area contributed by atoms with Gasteiger partial charge in [-0.25, -0.2) is 14.8 Å². The molecule has 6 aromatic rings. The number of hydrogen-bond acceptors (Lipinski definition) is 9. The Balaban J connectivity index is 0.000000162. The number of fused-ring (bicyclic) bond motifs is 2. The predicted octanol–water partition coefficient (Wildman–Crippen LogP) is 5.76. The van der Waals surface area contributed by atoms with E-state index in [2.05, 4.69) is 19.9 Å². The molecule has 12 heteroatoms. The highest BCUT2D eigenvalue weighted by Gasteiger charge is 2.19. The first-order valence-corrected chi connectivity index (χ1v) is 12.4. The van der Waals surface area contributed by atoms with E-state index < -0.39 is 11.8 Å². The van der Waals surface area contributed by atoms with Gasteiger partial charge in [-0.3, -0.25) is 14.8 Å². The van der Waals surface area contributed by atoms with E-state index >= 15 is 0 Å². The highest BCUT2D eigenvalue weighted by molar-refractivity contribution is 6.31. The first kappa shape index (κ1) is 26.9. The van der Waals surface area contributed by atoms with Crippen molar-refractivity contribution in [3.05, 3.63) is 118 Å². The van der Waals surface area contributed by atoms with Crippen molar-refractivity contribution in [2.45, 2.75) is 13.0 Å². The topological polar surface area (TPSA) is 152 Å². The lowest BCUT2D eigenvalue weighted by Crippen LogP contribution is -2.01. The summed E-state index contributed by atoms with van der Waals surface area (Å²) in [6.45, 7) is -0.135. The lowest BCUT2D eigenvalue weighted by atomic mass is 10.1. The van der Waals surface area contributed by atoms with E-state index in [0.717, 1.165) is 22.7 Å². The quantitative estimate of drug-likeness (QED) is 0.234. The summed E-state index contributed by atoms with van der Waals surface area (Å²) in [6.07, 6.45) is 6.25. The van der Waals surface area contributed by atoms with E-state index in [1.807, 2.05) is 24.3 Å². The molecule has 0 spiro atoms. The minimum absolute atomic E-state index is 0.135. The Labute approximate surface area is 235 Å². The van der Waals surface area contributed by atoms with Crippen LogP contribution in [0.25, 0.3) is 21.8 Å². The van der Waals surface area contributed by atoms with Gasteiger partial charge in [-0.15, -0.1) is 0 Å². The summed E-state index contributed by atoms with van der Waals surface area (Å²) < 4.78 is 10.3. The maximum atomic E-state index is 12.2. The molecule has 0 radical (unpaired) electrons. The van der Waals surface area contributed by atoms with Crippen LogP contribution in [0.1, 0.15) is 44.0 Å². The zero-order valence-corrected chi connectivity index (χ0v) is 21.9. The smallest absolute Gasteiger partial charge is 0.373 e. The van der Waals surface area contributed by atoms with Crippen LogP contribution in [0.15, 0.2) is 82.2 Å². The van der Waals surface area contributed by atoms with Crippen molar-refractivity contribution in [3.8, 4) is 0 Å². The van der Waals surface area contributed by atoms with Crippen molar-refractivity contribution in [2.75, 3.05) is 0 Å². The van der Waals surface area contributed by atoms with Gasteiger partial charge in [0.25, 0.3) is 5.89 Å². The number of benzene rings is 2. The van der Waals surface area contributed by atoms with E-state index in [1.165, 1.54) is 12.4 Å². The second-order valence-corrected chi connectivity index (χ2v) is 9.33. The zero-order valence-electron chi connectivity index (χ0n) is 20.4. The van der Waals surface area contributed by atoms with Crippen LogP contribution in [0.3, 0.4) is 0 Å². The Morgan fingerprint density at radius 2 is 1.45 bits per heavy atom. The normalized spacial score (nSPS) is 10.9. The molecular weight excluding hydrogens is 559 g/mol. The standard InChI is InChI=1S/C14H7ClN2O4.C14H11ClN2O2/c15-9-4-8-3-7(1-2-10(8)16-5-9)12(18)13-17-6-11(21-13)14(19)20;15-11-5-10-3-9(1-2-13(10)16-6-11)4-14-17-7-12(8-18)19-14/h1-6H,(H,19,20);1-3,5-7,18H,4,8H2. The summed E-state index contributed by atoms with van der Waals surface area (Å²) in [6, 6.07) is 14.3. The van der Waals surface area contributed by atoms with Gasteiger partial charge in [0.15, 0.2) is 5.89 Å². The van der Waals surface area contributed by atoms with Crippen LogP contribution >= 0.6 is 23.2 Å². The SMILES string of the molecule is O=C(O)c1cnc(C(=O)c2ccc3ncc(Cl)cc3c2)o1.OCc1cnc(Cc2ccc3ncc(Cl)cc3c2)o1. The molecule has 10 nitrogen and oxygen atoms in total. The number of aromatic carboxylic acids is 1. The van der Waals surface area contributed by atoms with Gasteiger partial charge in [0.1, 0.15) is 12.4 Å². The molecule has 4 aromatic heterocycles. The number of carbonyl (C=O) groups is 2. The molecule has 0 fully saturated rings. The molecule has 0 bridgehead atoms. The van der Waals surface area contributed by atoms with E-state index in [4.69, 9.17) is 42.2 Å². The minimum Gasteiger partial charge on any atom is -0.475 e. The molecule has 0 saturated carbocycles. The largest absolute Gasteiger partial charge is 0.475 e. The van der Waals surface area contributed by atoms with E-state index in [1.54, 1.807) is 30.5 Å². The second-order valence-electron chi connectivity index (χ2n) is 8.46. The monoisotopic (exact) mass is 576 g/mol. The number of oxazole rings is 2. The van der Waals surface area contributed by atoms with Crippen LogP contribution in [0.5, 0.6) is 0 Å². The summed E-state index contributed by atoms with van der Waals surface area (Å²) >= 11 is 11.8. The van der Waals surface area contributed by atoms with Crippen LogP contribution in [0.2, 0.25) is 10.0 Å². The molecule has 0 aliphatic carbocycles. The Morgan fingerprint density at radius 3 is 2.08 bits per heavy atom. The number of carbonyl (C=O) groups excluding carboxylic acids is 1. The van der Waals surface area contributed by atoms with Gasteiger partial charge in [-0.1, -0.05) is 29.3 Å². The van der Waals surface area contributed by atoms with Gasteiger partial charge in [0.2, 0.25) is 11.5 Å². The Kier molecular flexibility index (Phi) is 7.83. The molecular formula is C28H18Cl2N4O6. The summed E-state index contributed by atoms with van der Waals surface area (Å²) in [4.78, 5) is 39.1. The number of halogens is 2. The van der Waals surface area contributed by atoms with Crippen LogP contribution in [-0.2, 0) is 13.0 Å². The molecule has 0 unspecified atom stereocenters. The van der Waals surface area contributed by atoms with Crippen LogP contribution in [0.4, 0.5) is 0 Å². The number of aromatic nitrogens is 4. The fraction of sp³-hybridized carbons (Fsp3) is 0.0714. The molecule has 0 atom stereocenters. The van der Waals surface area contributed by atoms with Crippen LogP contribution in [-0.4, -0.2) is 41.9 Å². The summed E-state index contributed by atoms with van der Waals surface area (Å²) in [7, 11) is 0. The summed E-state index contributed by atoms with van der Waals surface area (Å²) in [5, 5.41) is 20.4. The number of aliphatic hydroxyl groups excluding tert-OH is 1. The fourth-order valence-electron chi connectivity index (χ4n) is 3.79. The van der Waals surface area contributed by atoms with Crippen molar-refractivity contribution in [1.82, 2.24) is 19.9 Å². The summed E-state index contributed by atoms with van der Waals surface area (Å²) in [5.41, 5.74) is 2.96. The van der Waals surface area contributed by atoms with Crippen molar-refractivity contribution in [3.63, 3.8) is 0 Å². The molecule has 2 N–H and O–H groups in total. The number of carboxylic acid groups (broad SMARTS) is 1. The van der Waals surface area contributed by atoms with Crippen molar-refractivity contribution in [1.29, 1.82) is 0 Å². The molecule has 0 saturated heterocycles. The third-order valence-corrected chi connectivity index (χ3v) is 6.06. The average molecular weight is 577 g/mol. The first-order valence-electron chi connectivity index (χ1n) is 11.7. The number of nitrogens with zero attached hydrogens (tertiary/aromatic N) is 4. The van der Waals surface area contributed by atoms with E-state index in [-0.39, 0.29) is 18.3 Å². The molecule has 200 valence electrons. The molecule has 0 amide bonds. The second kappa shape index (κ2) is 11.6. The van der Waals surface area contributed by atoms with Crippen LogP contribution in [0, 0.1) is 0 Å². The van der Waals surface area contributed by atoms with Crippen molar-refractivity contribution >= 4 is 56.8 Å². The van der Waals surface area contributed by atoms with E-state index in [9.17, 15) is 9.59 Å². The molecule has 0 aliphatic heterocycles. The van der Waals surface area contributed by atoms with Crippen molar-refractivity contribution < 1.29 is 28.6 Å². The van der Waals surface area contributed by atoms with Gasteiger partial charge in [-0.05, 0) is 48.0 Å². The number of ketones is 1. The Bertz CT molecular complexity index is 1870. The molecule has 4 heterocycles. The molecule has 6 rings (SSSR count). The van der Waals surface area contributed by atoms with Crippen LogP contribution < -0.4 is 0 Å². The van der Waals surface area contributed by atoms with Gasteiger partial charge in [0.05, 0.1) is 33.5 Å². The third kappa shape index (κ3) is 6.15. The first-order chi connectivity index (χ1) is 19.3. The lowest BCUT2D eigenvalue weighted by Gasteiger charge is -2.01. The van der Waals surface area contributed by atoms with Crippen molar-refractivity contribution in [2.24, 2.45) is 0 Å². The third-order valence-electron chi connectivity index (χ3n) is 5.65. The average Bonchev–Trinajstić information content (AvgIpc) is 3.63. The molecule has 2 aromatic carbocycles. The van der Waals surface area contributed by atoms with E-state index in [0.29, 0.717) is 44.6 Å². The summed E-state index contributed by atoms with van der Waals surface area (Å²) in [5.74, 6) is -1.40. The number of carboxylic acids is 1. The number of hydrogen-bond donors (Lipinski definition) is 2. The maximum absolute atomic E-state index is 12.2. The zero-order chi connectivity index (χ0) is 28.2. The van der Waals surface area contributed by atoms with Gasteiger partial charge >= 0.3 is 5.97 Å². The Hall–Kier alpha value is -4.64. The number of aliphatic hydroxyl groups is 1. The van der Waals surface area contributed by atoms with Gasteiger partial charge in [0, 0.05) is 35.2 Å². The molecule has 0 aliphatic rings. The van der Waals surface area contributed by atoms with Gasteiger partial charge < -0.3 is 19.0 Å². The Morgan fingerprint density at radius 1 is 0.775 bits per heavy atom. The number of rotatable bonds is 6. The minimum atomic E-state index is -1.28. The lowest BCUT2D eigenvalue weighted by molar-refractivity contribution is 0.0660. The molecule has 40 heavy (non-hydrogen) atoms. The highest BCUT2D eigenvalue weighted by atomic mass is 35.5. The fourth-order valence-corrected chi connectivity index (χ4v) is 4.12. The maximum Gasteiger partial charge on any atom is 0.373 e. The van der Waals surface area contributed by atoms with Gasteiger partial charge in [-0.2, -0.15) is 0 Å². The number of pyridine rings is 2. The predicted molar refractivity (Wildman–Crippen MR) is 146 cm³/mol. The highest BCUT2D eigenvalue weighted by Crippen LogP contribution is 2.21.